The summed E-state index contributed by atoms with van der Waals surface area (Å²) in [5.41, 5.74) is 2.66. The highest BCUT2D eigenvalue weighted by Gasteiger charge is 2.32. The average Bonchev–Trinajstić information content (AvgIpc) is 2.31. The minimum Gasteiger partial charge on any atom is -0.379 e. The molecule has 1 fully saturated rings. The quantitative estimate of drug-likeness (QED) is 0.893. The summed E-state index contributed by atoms with van der Waals surface area (Å²) in [6.07, 6.45) is 1.26. The van der Waals surface area contributed by atoms with Gasteiger partial charge < -0.3 is 10.2 Å². The van der Waals surface area contributed by atoms with E-state index in [9.17, 15) is 0 Å². The Kier molecular flexibility index (Phi) is 4.57. The molecule has 0 bridgehead atoms. The van der Waals surface area contributed by atoms with Crippen molar-refractivity contribution in [3.63, 3.8) is 0 Å². The lowest BCUT2D eigenvalue weighted by molar-refractivity contribution is 0.305. The highest BCUT2D eigenvalue weighted by atomic mass is 35.5. The van der Waals surface area contributed by atoms with Crippen molar-refractivity contribution in [1.29, 1.82) is 0 Å². The van der Waals surface area contributed by atoms with E-state index >= 15 is 0 Å². The van der Waals surface area contributed by atoms with E-state index in [-0.39, 0.29) is 0 Å². The molecular weight excluding hydrogens is 276 g/mol. The van der Waals surface area contributed by atoms with Crippen molar-refractivity contribution in [2.24, 2.45) is 5.41 Å². The van der Waals surface area contributed by atoms with Crippen molar-refractivity contribution in [1.82, 2.24) is 0 Å². The van der Waals surface area contributed by atoms with Crippen LogP contribution in [0.1, 0.15) is 20.3 Å². The van der Waals surface area contributed by atoms with Crippen LogP contribution < -0.4 is 10.2 Å². The van der Waals surface area contributed by atoms with Crippen LogP contribution in [0.4, 0.5) is 11.4 Å². The summed E-state index contributed by atoms with van der Waals surface area (Å²) in [5.74, 6) is 2.42. The molecule has 4 heteroatoms. The molecule has 0 aliphatic carbocycles. The number of halogens is 1. The Morgan fingerprint density at radius 2 is 2.11 bits per heavy atom. The van der Waals surface area contributed by atoms with Gasteiger partial charge in [-0.15, -0.1) is 0 Å². The third-order valence-electron chi connectivity index (χ3n) is 3.89. The number of nitrogens with zero attached hydrogens (tertiary/aromatic N) is 1. The predicted octanol–water partition coefficient (Wildman–Crippen LogP) is 4.35. The molecule has 1 aromatic rings. The first-order valence-electron chi connectivity index (χ1n) is 6.71. The molecule has 1 saturated heterocycles. The molecule has 1 aromatic carbocycles. The van der Waals surface area contributed by atoms with Crippen LogP contribution in [0.25, 0.3) is 0 Å². The molecule has 1 unspecified atom stereocenters. The molecule has 1 heterocycles. The normalized spacial score (nSPS) is 22.1. The molecule has 1 atom stereocenters. The topological polar surface area (TPSA) is 15.3 Å². The Balaban J connectivity index is 2.24. The highest BCUT2D eigenvalue weighted by molar-refractivity contribution is 7.99. The first kappa shape index (κ1) is 14.9. The second-order valence-electron chi connectivity index (χ2n) is 6.07. The number of benzene rings is 1. The van der Waals surface area contributed by atoms with Crippen LogP contribution in [0.3, 0.4) is 0 Å². The summed E-state index contributed by atoms with van der Waals surface area (Å²) in [6, 6.07) is 6.55. The van der Waals surface area contributed by atoms with Crippen molar-refractivity contribution < 1.29 is 0 Å². The monoisotopic (exact) mass is 298 g/mol. The van der Waals surface area contributed by atoms with Gasteiger partial charge in [0, 0.05) is 30.9 Å². The maximum absolute atomic E-state index is 6.15. The Hall–Kier alpha value is -0.540. The Morgan fingerprint density at radius 1 is 1.37 bits per heavy atom. The molecule has 0 radical (unpaired) electrons. The van der Waals surface area contributed by atoms with Crippen molar-refractivity contribution in [2.45, 2.75) is 26.3 Å². The lowest BCUT2D eigenvalue weighted by Crippen LogP contribution is -2.41. The van der Waals surface area contributed by atoms with Gasteiger partial charge in [0.15, 0.2) is 0 Å². The number of thioether (sulfide) groups is 1. The third kappa shape index (κ3) is 3.51. The molecule has 1 aliphatic rings. The average molecular weight is 299 g/mol. The van der Waals surface area contributed by atoms with Gasteiger partial charge in [0.1, 0.15) is 0 Å². The zero-order valence-electron chi connectivity index (χ0n) is 12.2. The number of anilines is 2. The van der Waals surface area contributed by atoms with Crippen LogP contribution in [0, 0.1) is 5.41 Å². The molecule has 0 spiro atoms. The number of nitrogens with one attached hydrogen (secondary N) is 1. The van der Waals surface area contributed by atoms with E-state index in [0.717, 1.165) is 16.5 Å². The summed E-state index contributed by atoms with van der Waals surface area (Å²) in [7, 11) is 4.13. The summed E-state index contributed by atoms with van der Waals surface area (Å²) in [5, 5.41) is 4.50. The lowest BCUT2D eigenvalue weighted by Gasteiger charge is -2.40. The van der Waals surface area contributed by atoms with Crippen LogP contribution >= 0.6 is 23.4 Å². The fraction of sp³-hybridized carbons (Fsp3) is 0.600. The second-order valence-corrected chi connectivity index (χ2v) is 7.65. The van der Waals surface area contributed by atoms with Crippen LogP contribution in [0.5, 0.6) is 0 Å². The smallest absolute Gasteiger partial charge is 0.0597 e. The van der Waals surface area contributed by atoms with Crippen molar-refractivity contribution >= 4 is 34.7 Å². The van der Waals surface area contributed by atoms with Gasteiger partial charge in [-0.25, -0.2) is 0 Å². The summed E-state index contributed by atoms with van der Waals surface area (Å²) in [6.45, 7) is 4.70. The number of hydrogen-bond donors (Lipinski definition) is 1. The molecule has 19 heavy (non-hydrogen) atoms. The summed E-state index contributed by atoms with van der Waals surface area (Å²) in [4.78, 5) is 2.13. The van der Waals surface area contributed by atoms with E-state index in [0.29, 0.717) is 11.5 Å². The Bertz CT molecular complexity index is 446. The van der Waals surface area contributed by atoms with E-state index in [2.05, 4.69) is 44.2 Å². The molecule has 0 aromatic heterocycles. The van der Waals surface area contributed by atoms with Crippen LogP contribution in [-0.4, -0.2) is 31.6 Å². The molecular formula is C15H23ClN2S. The molecule has 0 saturated carbocycles. The van der Waals surface area contributed by atoms with Crippen LogP contribution in [0.2, 0.25) is 5.02 Å². The summed E-state index contributed by atoms with van der Waals surface area (Å²) >= 11 is 8.18. The number of hydrogen-bond acceptors (Lipinski definition) is 3. The largest absolute Gasteiger partial charge is 0.379 e. The zero-order chi connectivity index (χ0) is 14.0. The van der Waals surface area contributed by atoms with E-state index in [1.54, 1.807) is 0 Å². The zero-order valence-corrected chi connectivity index (χ0v) is 13.7. The molecule has 2 nitrogen and oxygen atoms in total. The fourth-order valence-electron chi connectivity index (χ4n) is 2.37. The van der Waals surface area contributed by atoms with Crippen molar-refractivity contribution in [3.05, 3.63) is 23.2 Å². The van der Waals surface area contributed by atoms with Gasteiger partial charge in [-0.05, 0) is 35.8 Å². The van der Waals surface area contributed by atoms with Gasteiger partial charge >= 0.3 is 0 Å². The third-order valence-corrected chi connectivity index (χ3v) is 5.19. The van der Waals surface area contributed by atoms with Crippen molar-refractivity contribution in [3.8, 4) is 0 Å². The highest BCUT2D eigenvalue weighted by Crippen LogP contribution is 2.38. The molecule has 0 amide bonds. The maximum atomic E-state index is 6.15. The van der Waals surface area contributed by atoms with Gasteiger partial charge in [0.2, 0.25) is 0 Å². The second kappa shape index (κ2) is 5.84. The first-order valence-corrected chi connectivity index (χ1v) is 8.24. The van der Waals surface area contributed by atoms with E-state index in [4.69, 9.17) is 11.6 Å². The van der Waals surface area contributed by atoms with E-state index in [1.807, 2.05) is 23.9 Å². The minimum absolute atomic E-state index is 0.331. The lowest BCUT2D eigenvalue weighted by atomic mass is 9.82. The van der Waals surface area contributed by atoms with Crippen molar-refractivity contribution in [2.75, 3.05) is 35.8 Å². The van der Waals surface area contributed by atoms with E-state index < -0.39 is 0 Å². The van der Waals surface area contributed by atoms with Gasteiger partial charge in [0.05, 0.1) is 11.4 Å². The Morgan fingerprint density at radius 3 is 2.74 bits per heavy atom. The standard InChI is InChI=1S/C15H23ClN2S/c1-15(2)7-8-19-10-14(15)17-12-9-11(16)5-6-13(12)18(3)4/h5-6,9,14,17H,7-8,10H2,1-4H3. The maximum Gasteiger partial charge on any atom is 0.0597 e. The van der Waals surface area contributed by atoms with Gasteiger partial charge in [-0.1, -0.05) is 25.4 Å². The van der Waals surface area contributed by atoms with E-state index in [1.165, 1.54) is 17.9 Å². The predicted molar refractivity (Wildman–Crippen MR) is 88.9 cm³/mol. The van der Waals surface area contributed by atoms with Crippen LogP contribution in [-0.2, 0) is 0 Å². The SMILES string of the molecule is CN(C)c1ccc(Cl)cc1NC1CSCCC1(C)C. The molecule has 1 N–H and O–H groups in total. The minimum atomic E-state index is 0.331. The number of rotatable bonds is 3. The van der Waals surface area contributed by atoms with Crippen LogP contribution in [0.15, 0.2) is 18.2 Å². The van der Waals surface area contributed by atoms with Gasteiger partial charge in [-0.3, -0.25) is 0 Å². The first-order chi connectivity index (χ1) is 8.90. The molecule has 2 rings (SSSR count). The molecule has 1 aliphatic heterocycles. The fourth-order valence-corrected chi connectivity index (χ4v) is 4.15. The Labute approximate surface area is 125 Å². The van der Waals surface area contributed by atoms with Gasteiger partial charge in [-0.2, -0.15) is 11.8 Å². The molecule has 106 valence electrons. The summed E-state index contributed by atoms with van der Waals surface area (Å²) < 4.78 is 0. The van der Waals surface area contributed by atoms with Gasteiger partial charge in [0.25, 0.3) is 0 Å².